The average Bonchev–Trinajstić information content (AvgIpc) is 2.83. The maximum atomic E-state index is 11.7. The predicted octanol–water partition coefficient (Wildman–Crippen LogP) is 2.63. The van der Waals surface area contributed by atoms with E-state index in [9.17, 15) is 4.79 Å². The first-order valence-corrected chi connectivity index (χ1v) is 8.84. The zero-order valence-corrected chi connectivity index (χ0v) is 16.3. The number of aliphatic imine (C=N–C) groups is 1. The molecule has 0 bridgehead atoms. The zero-order valence-electron chi connectivity index (χ0n) is 13.9. The van der Waals surface area contributed by atoms with Crippen LogP contribution in [0.5, 0.6) is 0 Å². The van der Waals surface area contributed by atoms with Crippen molar-refractivity contribution in [2.24, 2.45) is 10.9 Å². The van der Waals surface area contributed by atoms with Gasteiger partial charge in [0.05, 0.1) is 10.3 Å². The highest BCUT2D eigenvalue weighted by molar-refractivity contribution is 9.11. The molecule has 0 saturated heterocycles. The summed E-state index contributed by atoms with van der Waals surface area (Å²) in [7, 11) is 5.47. The van der Waals surface area contributed by atoms with Crippen molar-refractivity contribution in [2.75, 3.05) is 34.2 Å². The van der Waals surface area contributed by atoms with Crippen molar-refractivity contribution >= 4 is 39.1 Å². The number of carbonyl (C=O) groups excluding carboxylic acids is 1. The highest BCUT2D eigenvalue weighted by atomic mass is 79.9. The lowest BCUT2D eigenvalue weighted by Gasteiger charge is -2.23. The van der Waals surface area contributed by atoms with Crippen LogP contribution in [0.3, 0.4) is 0 Å². The van der Waals surface area contributed by atoms with Gasteiger partial charge in [-0.3, -0.25) is 4.79 Å². The SMILES string of the molecule is CC(C)CNC(=NCC(=O)N(C)C)N(C)Cc1ccc(Br)s1. The van der Waals surface area contributed by atoms with Crippen LogP contribution in [-0.4, -0.2) is 55.9 Å². The number of carbonyl (C=O) groups is 1. The first kappa shape index (κ1) is 19.0. The molecule has 0 unspecified atom stereocenters. The van der Waals surface area contributed by atoms with Crippen molar-refractivity contribution < 1.29 is 4.79 Å². The number of rotatable bonds is 6. The molecular formula is C15H25BrN4OS. The largest absolute Gasteiger partial charge is 0.356 e. The Morgan fingerprint density at radius 1 is 1.36 bits per heavy atom. The molecule has 124 valence electrons. The monoisotopic (exact) mass is 388 g/mol. The number of thiophene rings is 1. The van der Waals surface area contributed by atoms with Gasteiger partial charge in [0.15, 0.2) is 5.96 Å². The minimum Gasteiger partial charge on any atom is -0.356 e. The second-order valence-corrected chi connectivity index (χ2v) is 8.31. The minimum absolute atomic E-state index is 0.00360. The Morgan fingerprint density at radius 2 is 2.05 bits per heavy atom. The number of guanidine groups is 1. The van der Waals surface area contributed by atoms with Crippen LogP contribution >= 0.6 is 27.3 Å². The molecule has 0 aliphatic rings. The number of nitrogens with one attached hydrogen (secondary N) is 1. The van der Waals surface area contributed by atoms with E-state index in [4.69, 9.17) is 0 Å². The van der Waals surface area contributed by atoms with E-state index >= 15 is 0 Å². The van der Waals surface area contributed by atoms with Crippen molar-refractivity contribution in [1.82, 2.24) is 15.1 Å². The molecule has 1 N–H and O–H groups in total. The summed E-state index contributed by atoms with van der Waals surface area (Å²) >= 11 is 5.18. The maximum Gasteiger partial charge on any atom is 0.243 e. The van der Waals surface area contributed by atoms with Gasteiger partial charge in [0.2, 0.25) is 5.91 Å². The fraction of sp³-hybridized carbons (Fsp3) is 0.600. The maximum absolute atomic E-state index is 11.7. The summed E-state index contributed by atoms with van der Waals surface area (Å²) in [5.74, 6) is 1.27. The molecule has 1 rings (SSSR count). The van der Waals surface area contributed by atoms with E-state index in [0.717, 1.165) is 22.8 Å². The molecule has 0 fully saturated rings. The molecule has 0 radical (unpaired) electrons. The Bertz CT molecular complexity index is 513. The summed E-state index contributed by atoms with van der Waals surface area (Å²) in [5.41, 5.74) is 0. The molecule has 0 spiro atoms. The van der Waals surface area contributed by atoms with Gasteiger partial charge in [-0.05, 0) is 34.0 Å². The molecule has 1 heterocycles. The van der Waals surface area contributed by atoms with E-state index in [1.54, 1.807) is 30.3 Å². The van der Waals surface area contributed by atoms with Crippen molar-refractivity contribution in [3.8, 4) is 0 Å². The molecule has 1 aromatic rings. The van der Waals surface area contributed by atoms with Crippen LogP contribution in [0.1, 0.15) is 18.7 Å². The molecule has 1 aromatic heterocycles. The number of hydrogen-bond acceptors (Lipinski definition) is 3. The summed E-state index contributed by atoms with van der Waals surface area (Å²) in [4.78, 5) is 21.0. The summed E-state index contributed by atoms with van der Waals surface area (Å²) in [5, 5.41) is 3.34. The van der Waals surface area contributed by atoms with E-state index < -0.39 is 0 Å². The van der Waals surface area contributed by atoms with E-state index in [1.807, 2.05) is 18.0 Å². The van der Waals surface area contributed by atoms with E-state index in [1.165, 1.54) is 4.88 Å². The molecule has 7 heteroatoms. The Labute approximate surface area is 145 Å². The van der Waals surface area contributed by atoms with Crippen LogP contribution in [0.25, 0.3) is 0 Å². The standard InChI is InChI=1S/C15H25BrN4OS/c1-11(2)8-17-15(18-9-14(21)19(3)4)20(5)10-12-6-7-13(16)22-12/h6-7,11H,8-10H2,1-5H3,(H,17,18). The molecule has 0 aliphatic carbocycles. The van der Waals surface area contributed by atoms with Crippen molar-refractivity contribution in [2.45, 2.75) is 20.4 Å². The normalized spacial score (nSPS) is 11.7. The smallest absolute Gasteiger partial charge is 0.243 e. The minimum atomic E-state index is -0.00360. The topological polar surface area (TPSA) is 47.9 Å². The average molecular weight is 389 g/mol. The van der Waals surface area contributed by atoms with Gasteiger partial charge in [0.25, 0.3) is 0 Å². The number of amides is 1. The van der Waals surface area contributed by atoms with Gasteiger partial charge in [-0.15, -0.1) is 11.3 Å². The third-order valence-electron chi connectivity index (χ3n) is 2.91. The third kappa shape index (κ3) is 6.79. The number of hydrogen-bond donors (Lipinski definition) is 1. The lowest BCUT2D eigenvalue weighted by Crippen LogP contribution is -2.41. The zero-order chi connectivity index (χ0) is 16.7. The van der Waals surface area contributed by atoms with Crippen LogP contribution in [0.15, 0.2) is 20.9 Å². The second-order valence-electron chi connectivity index (χ2n) is 5.76. The Balaban J connectivity index is 2.74. The summed E-state index contributed by atoms with van der Waals surface area (Å²) in [6.45, 7) is 6.04. The number of nitrogens with zero attached hydrogens (tertiary/aromatic N) is 3. The molecule has 0 saturated carbocycles. The van der Waals surface area contributed by atoms with Gasteiger partial charge in [0, 0.05) is 32.6 Å². The van der Waals surface area contributed by atoms with Crippen LogP contribution in [0, 0.1) is 5.92 Å². The van der Waals surface area contributed by atoms with Gasteiger partial charge in [-0.25, -0.2) is 4.99 Å². The van der Waals surface area contributed by atoms with Gasteiger partial charge >= 0.3 is 0 Å². The van der Waals surface area contributed by atoms with E-state index in [0.29, 0.717) is 5.92 Å². The lowest BCUT2D eigenvalue weighted by molar-refractivity contribution is -0.127. The van der Waals surface area contributed by atoms with Crippen molar-refractivity contribution in [3.05, 3.63) is 20.8 Å². The highest BCUT2D eigenvalue weighted by Crippen LogP contribution is 2.22. The van der Waals surface area contributed by atoms with Gasteiger partial charge in [-0.2, -0.15) is 0 Å². The van der Waals surface area contributed by atoms with Crippen LogP contribution in [-0.2, 0) is 11.3 Å². The Morgan fingerprint density at radius 3 is 2.55 bits per heavy atom. The Kier molecular flexibility index (Phi) is 7.89. The quantitative estimate of drug-likeness (QED) is 0.601. The van der Waals surface area contributed by atoms with E-state index in [2.05, 4.69) is 46.2 Å². The number of likely N-dealkylation sites (N-methyl/N-ethyl adjacent to an activating group) is 1. The first-order valence-electron chi connectivity index (χ1n) is 7.23. The molecular weight excluding hydrogens is 364 g/mol. The van der Waals surface area contributed by atoms with Crippen LogP contribution in [0.2, 0.25) is 0 Å². The van der Waals surface area contributed by atoms with E-state index in [-0.39, 0.29) is 12.5 Å². The fourth-order valence-corrected chi connectivity index (χ4v) is 3.17. The fourth-order valence-electron chi connectivity index (χ4n) is 1.64. The summed E-state index contributed by atoms with van der Waals surface area (Å²) in [6.07, 6.45) is 0. The summed E-state index contributed by atoms with van der Waals surface area (Å²) < 4.78 is 1.12. The van der Waals surface area contributed by atoms with Gasteiger partial charge in [0.1, 0.15) is 6.54 Å². The number of halogens is 1. The van der Waals surface area contributed by atoms with Crippen LogP contribution in [0.4, 0.5) is 0 Å². The predicted molar refractivity (Wildman–Crippen MR) is 97.3 cm³/mol. The molecule has 5 nitrogen and oxygen atoms in total. The second kappa shape index (κ2) is 9.15. The van der Waals surface area contributed by atoms with Crippen molar-refractivity contribution in [1.29, 1.82) is 0 Å². The third-order valence-corrected chi connectivity index (χ3v) is 4.52. The highest BCUT2D eigenvalue weighted by Gasteiger charge is 2.11. The first-order chi connectivity index (χ1) is 10.3. The molecule has 1 amide bonds. The lowest BCUT2D eigenvalue weighted by atomic mass is 10.2. The molecule has 22 heavy (non-hydrogen) atoms. The molecule has 0 atom stereocenters. The summed E-state index contributed by atoms with van der Waals surface area (Å²) in [6, 6.07) is 4.14. The Hall–Kier alpha value is -1.08. The molecule has 0 aliphatic heterocycles. The van der Waals surface area contributed by atoms with Crippen LogP contribution < -0.4 is 5.32 Å². The van der Waals surface area contributed by atoms with Gasteiger partial charge in [-0.1, -0.05) is 13.8 Å². The molecule has 0 aromatic carbocycles. The van der Waals surface area contributed by atoms with Crippen molar-refractivity contribution in [3.63, 3.8) is 0 Å². The van der Waals surface area contributed by atoms with Gasteiger partial charge < -0.3 is 15.1 Å².